The zero-order valence-corrected chi connectivity index (χ0v) is 17.8. The number of hydrogen-bond donors (Lipinski definition) is 1. The molecule has 0 saturated heterocycles. The van der Waals surface area contributed by atoms with E-state index in [-0.39, 0.29) is 18.4 Å². The van der Waals surface area contributed by atoms with Crippen LogP contribution in [0, 0.1) is 0 Å². The van der Waals surface area contributed by atoms with Crippen molar-refractivity contribution >= 4 is 40.7 Å². The summed E-state index contributed by atoms with van der Waals surface area (Å²) in [5.74, 6) is -0.330. The van der Waals surface area contributed by atoms with Gasteiger partial charge in [0, 0.05) is 22.3 Å². The highest BCUT2D eigenvalue weighted by Gasteiger charge is 2.18. The Morgan fingerprint density at radius 1 is 1.07 bits per heavy atom. The van der Waals surface area contributed by atoms with E-state index in [0.717, 1.165) is 48.1 Å². The molecule has 150 valence electrons. The van der Waals surface area contributed by atoms with Crippen LogP contribution in [-0.2, 0) is 4.74 Å². The zero-order valence-electron chi connectivity index (χ0n) is 16.2. The number of rotatable bonds is 8. The molecule has 4 nitrogen and oxygen atoms in total. The van der Waals surface area contributed by atoms with Crippen LogP contribution >= 0.6 is 24.0 Å². The van der Waals surface area contributed by atoms with E-state index in [2.05, 4.69) is 23.7 Å². The first-order chi connectivity index (χ1) is 13.1. The lowest BCUT2D eigenvalue weighted by Gasteiger charge is -2.17. The molecule has 28 heavy (non-hydrogen) atoms. The average Bonchev–Trinajstić information content (AvgIpc) is 3.07. The molecule has 3 rings (SSSR count). The molecule has 0 fully saturated rings. The van der Waals surface area contributed by atoms with Crippen molar-refractivity contribution in [2.45, 2.75) is 20.3 Å². The molecule has 1 aromatic heterocycles. The Morgan fingerprint density at radius 2 is 1.79 bits per heavy atom. The molecule has 0 aliphatic rings. The van der Waals surface area contributed by atoms with Crippen molar-refractivity contribution in [3.05, 3.63) is 59.2 Å². The van der Waals surface area contributed by atoms with E-state index in [1.54, 1.807) is 6.07 Å². The summed E-state index contributed by atoms with van der Waals surface area (Å²) in [5, 5.41) is 2.38. The quantitative estimate of drug-likeness (QED) is 0.369. The molecule has 1 N–H and O–H groups in total. The van der Waals surface area contributed by atoms with Gasteiger partial charge in [-0.15, -0.1) is 12.4 Å². The molecule has 0 aliphatic heterocycles. The normalized spacial score (nSPS) is 10.9. The lowest BCUT2D eigenvalue weighted by Crippen LogP contribution is -2.25. The number of esters is 1. The first kappa shape index (κ1) is 22.3. The number of H-pyrrole nitrogens is 1. The third kappa shape index (κ3) is 5.07. The molecule has 0 radical (unpaired) electrons. The largest absolute Gasteiger partial charge is 0.461 e. The Morgan fingerprint density at radius 3 is 2.46 bits per heavy atom. The number of hydrogen-bond acceptors (Lipinski definition) is 3. The minimum absolute atomic E-state index is 0. The van der Waals surface area contributed by atoms with Gasteiger partial charge in [-0.2, -0.15) is 0 Å². The third-order valence-corrected chi connectivity index (χ3v) is 5.02. The van der Waals surface area contributed by atoms with E-state index >= 15 is 0 Å². The molecule has 0 unspecified atom stereocenters. The van der Waals surface area contributed by atoms with Crippen molar-refractivity contribution in [1.29, 1.82) is 0 Å². The van der Waals surface area contributed by atoms with Gasteiger partial charge in [0.2, 0.25) is 0 Å². The van der Waals surface area contributed by atoms with Gasteiger partial charge in [-0.1, -0.05) is 61.8 Å². The first-order valence-electron chi connectivity index (χ1n) is 9.40. The lowest BCUT2D eigenvalue weighted by atomic mass is 10.1. The highest BCUT2D eigenvalue weighted by atomic mass is 35.5. The number of fused-ring (bicyclic) bond motifs is 1. The summed E-state index contributed by atoms with van der Waals surface area (Å²) >= 11 is 6.19. The summed E-state index contributed by atoms with van der Waals surface area (Å²) in [5.41, 5.74) is 2.36. The van der Waals surface area contributed by atoms with Gasteiger partial charge in [-0.05, 0) is 37.2 Å². The molecule has 0 saturated carbocycles. The van der Waals surface area contributed by atoms with E-state index in [0.29, 0.717) is 17.3 Å². The van der Waals surface area contributed by atoms with Crippen LogP contribution in [-0.4, -0.2) is 42.1 Å². The Kier molecular flexibility index (Phi) is 8.36. The number of aromatic nitrogens is 1. The summed E-state index contributed by atoms with van der Waals surface area (Å²) in [7, 11) is 0. The fourth-order valence-electron chi connectivity index (χ4n) is 3.26. The summed E-state index contributed by atoms with van der Waals surface area (Å²) in [6, 6.07) is 15.5. The Balaban J connectivity index is 0.00000280. The van der Waals surface area contributed by atoms with Crippen LogP contribution in [0.2, 0.25) is 5.02 Å². The highest BCUT2D eigenvalue weighted by Crippen LogP contribution is 2.33. The van der Waals surface area contributed by atoms with Crippen molar-refractivity contribution in [2.24, 2.45) is 0 Å². The first-order valence-corrected chi connectivity index (χ1v) is 9.78. The summed E-state index contributed by atoms with van der Waals surface area (Å²) in [4.78, 5) is 18.2. The Bertz CT molecular complexity index is 906. The number of carbonyl (C=O) groups excluding carboxylic acids is 1. The number of halogens is 2. The van der Waals surface area contributed by atoms with E-state index in [1.807, 2.05) is 42.5 Å². The number of ether oxygens (including phenoxy) is 1. The predicted molar refractivity (Wildman–Crippen MR) is 119 cm³/mol. The standard InChI is InChI=1S/C22H25ClN2O2.ClH/c1-3-25(4-2)13-8-14-27-22(26)21-18-12-11-17(23)15-19(18)20(24-21)16-9-6-5-7-10-16;/h5-7,9-12,15,24H,3-4,8,13-14H2,1-2H3;1H. The fraction of sp³-hybridized carbons (Fsp3) is 0.318. The third-order valence-electron chi connectivity index (χ3n) is 4.78. The Labute approximate surface area is 177 Å². The van der Waals surface area contributed by atoms with Crippen molar-refractivity contribution in [1.82, 2.24) is 9.88 Å². The fourth-order valence-corrected chi connectivity index (χ4v) is 3.43. The molecule has 6 heteroatoms. The van der Waals surface area contributed by atoms with Gasteiger partial charge in [-0.25, -0.2) is 4.79 Å². The van der Waals surface area contributed by atoms with Gasteiger partial charge >= 0.3 is 5.97 Å². The summed E-state index contributed by atoms with van der Waals surface area (Å²) in [6.07, 6.45) is 0.823. The molecule has 0 aliphatic carbocycles. The maximum atomic E-state index is 12.7. The second kappa shape index (κ2) is 10.5. The maximum Gasteiger partial charge on any atom is 0.355 e. The minimum atomic E-state index is -0.330. The van der Waals surface area contributed by atoms with Crippen LogP contribution in [0.1, 0.15) is 30.8 Å². The number of aromatic amines is 1. The highest BCUT2D eigenvalue weighted by molar-refractivity contribution is 6.31. The Hall–Kier alpha value is -2.01. The number of nitrogens with one attached hydrogen (secondary N) is 1. The van der Waals surface area contributed by atoms with Gasteiger partial charge in [-0.3, -0.25) is 0 Å². The summed E-state index contributed by atoms with van der Waals surface area (Å²) in [6.45, 7) is 7.62. The predicted octanol–water partition coefficient (Wildman–Crippen LogP) is 5.80. The second-order valence-corrected chi connectivity index (χ2v) is 6.88. The monoisotopic (exact) mass is 420 g/mol. The van der Waals surface area contributed by atoms with Crippen molar-refractivity contribution < 1.29 is 9.53 Å². The van der Waals surface area contributed by atoms with Gasteiger partial charge < -0.3 is 14.6 Å². The number of benzene rings is 2. The lowest BCUT2D eigenvalue weighted by molar-refractivity contribution is 0.0486. The van der Waals surface area contributed by atoms with E-state index in [4.69, 9.17) is 16.3 Å². The molecule has 0 amide bonds. The van der Waals surface area contributed by atoms with Crippen LogP contribution < -0.4 is 0 Å². The molecule has 2 aromatic carbocycles. The minimum Gasteiger partial charge on any atom is -0.461 e. The number of carbonyl (C=O) groups is 1. The molecule has 0 atom stereocenters. The van der Waals surface area contributed by atoms with Crippen molar-refractivity contribution in [3.63, 3.8) is 0 Å². The van der Waals surface area contributed by atoms with Crippen LogP contribution in [0.15, 0.2) is 48.5 Å². The maximum absolute atomic E-state index is 12.7. The zero-order chi connectivity index (χ0) is 19.2. The average molecular weight is 421 g/mol. The molecule has 1 heterocycles. The van der Waals surface area contributed by atoms with Crippen LogP contribution in [0.25, 0.3) is 22.0 Å². The molecule has 0 spiro atoms. The van der Waals surface area contributed by atoms with Gasteiger partial charge in [0.15, 0.2) is 0 Å². The molecular weight excluding hydrogens is 395 g/mol. The molecular formula is C22H26Cl2N2O2. The van der Waals surface area contributed by atoms with E-state index < -0.39 is 0 Å². The van der Waals surface area contributed by atoms with E-state index in [9.17, 15) is 4.79 Å². The van der Waals surface area contributed by atoms with Crippen molar-refractivity contribution in [2.75, 3.05) is 26.2 Å². The number of nitrogens with zero attached hydrogens (tertiary/aromatic N) is 1. The van der Waals surface area contributed by atoms with E-state index in [1.165, 1.54) is 0 Å². The van der Waals surface area contributed by atoms with Gasteiger partial charge in [0.1, 0.15) is 5.69 Å². The van der Waals surface area contributed by atoms with Crippen molar-refractivity contribution in [3.8, 4) is 11.3 Å². The summed E-state index contributed by atoms with van der Waals surface area (Å²) < 4.78 is 5.53. The molecule has 0 bridgehead atoms. The smallest absolute Gasteiger partial charge is 0.355 e. The van der Waals surface area contributed by atoms with Crippen LogP contribution in [0.3, 0.4) is 0 Å². The SMILES string of the molecule is CCN(CC)CCCOC(=O)c1[nH]c(-c2ccccc2)c2cc(Cl)ccc12.Cl. The van der Waals surface area contributed by atoms with Gasteiger partial charge in [0.05, 0.1) is 12.3 Å². The van der Waals surface area contributed by atoms with Crippen LogP contribution in [0.4, 0.5) is 0 Å². The topological polar surface area (TPSA) is 45.3 Å². The van der Waals surface area contributed by atoms with Crippen LogP contribution in [0.5, 0.6) is 0 Å². The second-order valence-electron chi connectivity index (χ2n) is 6.45. The molecule has 3 aromatic rings. The van der Waals surface area contributed by atoms with Gasteiger partial charge in [0.25, 0.3) is 0 Å².